The zero-order valence-electron chi connectivity index (χ0n) is 26.1. The van der Waals surface area contributed by atoms with Gasteiger partial charge in [0, 0.05) is 19.9 Å². The molecule has 3 atom stereocenters. The number of nitrogens with zero attached hydrogens (tertiary/aromatic N) is 2. The van der Waals surface area contributed by atoms with E-state index in [9.17, 15) is 9.59 Å². The summed E-state index contributed by atoms with van der Waals surface area (Å²) in [6.07, 6.45) is -6.97. The van der Waals surface area contributed by atoms with Crippen molar-refractivity contribution in [2.24, 2.45) is 0 Å². The van der Waals surface area contributed by atoms with Gasteiger partial charge in [-0.2, -0.15) is 0 Å². The van der Waals surface area contributed by atoms with Crippen LogP contribution in [0.25, 0.3) is 0 Å². The van der Waals surface area contributed by atoms with Crippen LogP contribution >= 0.6 is 0 Å². The van der Waals surface area contributed by atoms with Crippen molar-refractivity contribution in [3.05, 3.63) is 24.0 Å². The summed E-state index contributed by atoms with van der Waals surface area (Å²) in [4.78, 5) is 25.2. The van der Waals surface area contributed by atoms with Crippen LogP contribution in [0.1, 0.15) is 47.0 Å². The molecule has 1 N–H and O–H groups in total. The van der Waals surface area contributed by atoms with Crippen LogP contribution in [0.2, 0.25) is 1.41 Å². The molecule has 3 rings (SSSR count). The summed E-state index contributed by atoms with van der Waals surface area (Å²) in [5.41, 5.74) is -2.85. The van der Waals surface area contributed by atoms with Crippen LogP contribution in [0, 0.1) is 5.82 Å². The van der Waals surface area contributed by atoms with E-state index < -0.39 is 72.5 Å². The van der Waals surface area contributed by atoms with Crippen LogP contribution in [-0.2, 0) is 14.3 Å². The second kappa shape index (κ2) is 7.58. The van der Waals surface area contributed by atoms with E-state index in [1.165, 1.54) is 13.8 Å². The second-order valence-corrected chi connectivity index (χ2v) is 6.72. The van der Waals surface area contributed by atoms with Crippen LogP contribution in [0.5, 0.6) is 0 Å². The van der Waals surface area contributed by atoms with Gasteiger partial charge in [0.05, 0.1) is 47.9 Å². The van der Waals surface area contributed by atoms with Gasteiger partial charge in [0.1, 0.15) is 11.9 Å². The Morgan fingerprint density at radius 2 is 2.25 bits per heavy atom. The first-order valence-electron chi connectivity index (χ1n) is 13.4. The minimum atomic E-state index is -3.32. The minimum Gasteiger partial charge on any atom is -0.442 e. The van der Waals surface area contributed by atoms with E-state index in [-0.39, 0.29) is 5.31 Å². The lowest BCUT2D eigenvalue weighted by Crippen LogP contribution is -2.52. The fraction of sp³-hybridized carbons (Fsp3) is 0.600. The molecule has 2 aliphatic heterocycles. The number of halogens is 1. The van der Waals surface area contributed by atoms with Crippen molar-refractivity contribution in [3.63, 3.8) is 0 Å². The molecule has 2 heterocycles. The van der Waals surface area contributed by atoms with E-state index in [4.69, 9.17) is 23.2 Å². The third-order valence-corrected chi connectivity index (χ3v) is 3.84. The van der Waals surface area contributed by atoms with Crippen LogP contribution in [0.3, 0.4) is 0 Å². The van der Waals surface area contributed by atoms with Crippen molar-refractivity contribution in [1.29, 1.82) is 0 Å². The highest BCUT2D eigenvalue weighted by Crippen LogP contribution is 2.33. The van der Waals surface area contributed by atoms with Gasteiger partial charge in [-0.05, 0) is 45.9 Å². The lowest BCUT2D eigenvalue weighted by Gasteiger charge is -2.43. The van der Waals surface area contributed by atoms with E-state index >= 15 is 4.39 Å². The first kappa shape index (κ1) is 11.0. The Morgan fingerprint density at radius 3 is 2.89 bits per heavy atom. The quantitative estimate of drug-likeness (QED) is 0.837. The van der Waals surface area contributed by atoms with E-state index in [1.54, 1.807) is 0 Å². The number of ether oxygens (including phenoxy) is 2. The molecule has 0 aromatic heterocycles. The number of morpholine rings is 1. The van der Waals surface area contributed by atoms with Gasteiger partial charge < -0.3 is 19.7 Å². The summed E-state index contributed by atoms with van der Waals surface area (Å²) in [5.74, 6) is -2.41. The molecule has 0 radical (unpaired) electrons. The molecule has 154 valence electrons. The number of rotatable bonds is 4. The van der Waals surface area contributed by atoms with Gasteiger partial charge in [0.2, 0.25) is 5.91 Å². The molecule has 0 aliphatic carbocycles. The van der Waals surface area contributed by atoms with E-state index in [1.807, 2.05) is 0 Å². The summed E-state index contributed by atoms with van der Waals surface area (Å²) >= 11 is 0. The Hall–Kier alpha value is -2.35. The number of anilines is 2. The average Bonchev–Trinajstić information content (AvgIpc) is 2.91. The fourth-order valence-corrected chi connectivity index (χ4v) is 2.80. The van der Waals surface area contributed by atoms with Gasteiger partial charge >= 0.3 is 6.09 Å². The van der Waals surface area contributed by atoms with Crippen molar-refractivity contribution in [2.45, 2.75) is 58.4 Å². The fourth-order valence-electron chi connectivity index (χ4n) is 2.80. The zero-order valence-corrected chi connectivity index (χ0v) is 16.1. The number of carbonyl (C=O) groups is 2. The van der Waals surface area contributed by atoms with Gasteiger partial charge in [-0.15, -0.1) is 0 Å². The van der Waals surface area contributed by atoms with Crippen LogP contribution < -0.4 is 15.1 Å². The SMILES string of the molecule is [2H]N(C(C)=O)C([2H])([2H])[C@]1([2H])OC(=O)N(c2ccc(N3C([2H])([2H])C([2H])(C)OC(C)(C)C3([2H])[2H])c(F)c2)C1([2H])C. The van der Waals surface area contributed by atoms with Gasteiger partial charge in [-0.25, -0.2) is 9.18 Å². The molecule has 28 heavy (non-hydrogen) atoms. The maximum atomic E-state index is 15.6. The minimum absolute atomic E-state index is 0.241. The average molecular weight is 404 g/mol. The van der Waals surface area contributed by atoms with E-state index in [0.717, 1.165) is 32.9 Å². The molecule has 8 heteroatoms. The number of cyclic esters (lactones) is 1. The summed E-state index contributed by atoms with van der Waals surface area (Å²) in [5, 5.41) is -0.241. The van der Waals surface area contributed by atoms with Crippen molar-refractivity contribution in [1.82, 2.24) is 5.31 Å². The number of benzene rings is 1. The highest BCUT2D eigenvalue weighted by Gasteiger charge is 2.40. The molecule has 2 aliphatic rings. The Bertz CT molecular complexity index is 1160. The number of hydrogen-bond acceptors (Lipinski definition) is 5. The molecular weight excluding hydrogens is 365 g/mol. The molecular formula is C20H28FN3O4. The highest BCUT2D eigenvalue weighted by molar-refractivity contribution is 5.91. The molecule has 0 saturated carbocycles. The lowest BCUT2D eigenvalue weighted by atomic mass is 10.0. The van der Waals surface area contributed by atoms with Crippen molar-refractivity contribution in [2.75, 3.05) is 29.3 Å². The molecule has 2 amide bonds. The first-order valence-corrected chi connectivity index (χ1v) is 8.44. The predicted octanol–water partition coefficient (Wildman–Crippen LogP) is 2.68. The van der Waals surface area contributed by atoms with Gasteiger partial charge in [0.25, 0.3) is 0 Å². The second-order valence-electron chi connectivity index (χ2n) is 6.72. The van der Waals surface area contributed by atoms with E-state index in [2.05, 4.69) is 0 Å². The Labute approximate surface area is 178 Å². The Kier molecular flexibility index (Phi) is 2.98. The first-order chi connectivity index (χ1) is 16.8. The van der Waals surface area contributed by atoms with Crippen molar-refractivity contribution in [3.8, 4) is 0 Å². The number of nitrogens with one attached hydrogen (secondary N) is 1. The third-order valence-electron chi connectivity index (χ3n) is 3.84. The number of carbonyl (C=O) groups excluding carboxylic acids is 2. The van der Waals surface area contributed by atoms with Crippen LogP contribution in [0.15, 0.2) is 18.2 Å². The topological polar surface area (TPSA) is 71.1 Å². The van der Waals surface area contributed by atoms with Crippen molar-refractivity contribution < 1.29 is 37.2 Å². The Balaban J connectivity index is 2.13. The molecule has 0 bridgehead atoms. The van der Waals surface area contributed by atoms with Crippen LogP contribution in [0.4, 0.5) is 20.6 Å². The summed E-state index contributed by atoms with van der Waals surface area (Å²) in [7, 11) is 0. The maximum Gasteiger partial charge on any atom is 0.415 e. The van der Waals surface area contributed by atoms with Crippen molar-refractivity contribution >= 4 is 23.4 Å². The van der Waals surface area contributed by atoms with Crippen LogP contribution in [-0.4, -0.2) is 55.3 Å². The normalized spacial score (nSPS) is 44.1. The molecule has 0 spiro atoms. The maximum absolute atomic E-state index is 15.6. The number of hydrogen-bond donors (Lipinski definition) is 1. The van der Waals surface area contributed by atoms with Gasteiger partial charge in [-0.1, -0.05) is 0 Å². The van der Waals surface area contributed by atoms with Gasteiger partial charge in [0.15, 0.2) is 1.41 Å². The van der Waals surface area contributed by atoms with Gasteiger partial charge in [-0.3, -0.25) is 9.69 Å². The smallest absolute Gasteiger partial charge is 0.415 e. The number of amides is 2. The monoisotopic (exact) mass is 403 g/mol. The highest BCUT2D eigenvalue weighted by atomic mass is 19.1. The standard InChI is InChI=1S/C20H28FN3O4/c1-12-10-23(11-20(4,5)28-12)17-7-6-15(8-16(17)21)24-13(2)18(27-19(24)26)9-22-14(3)25/h6-8,12-13,18H,9-11H2,1-5H3,(H,22,25)/t12?,13?,18-/m0/s1/i9D2,10D2,11D2,12D,13D,18D/hD. The molecule has 2 saturated heterocycles. The Morgan fingerprint density at radius 1 is 1.54 bits per heavy atom. The predicted molar refractivity (Wildman–Crippen MR) is 104 cm³/mol. The summed E-state index contributed by atoms with van der Waals surface area (Å²) < 4.78 is 109. The molecule has 2 fully saturated rings. The zero-order chi connectivity index (χ0) is 29.7. The summed E-state index contributed by atoms with van der Waals surface area (Å²) in [6, 6.07) is -0.108. The molecule has 7 nitrogen and oxygen atoms in total. The lowest BCUT2D eigenvalue weighted by molar-refractivity contribution is -0.119. The molecule has 1 aromatic carbocycles. The van der Waals surface area contributed by atoms with E-state index in [0.29, 0.717) is 15.9 Å². The molecule has 2 unspecified atom stereocenters. The summed E-state index contributed by atoms with van der Waals surface area (Å²) in [6.45, 7) is -3.55. The largest absolute Gasteiger partial charge is 0.442 e. The third kappa shape index (κ3) is 4.22. The molecule has 1 aromatic rings.